The second kappa shape index (κ2) is 6.78. The summed E-state index contributed by atoms with van der Waals surface area (Å²) in [6.45, 7) is 6.17. The van der Waals surface area contributed by atoms with Gasteiger partial charge in [-0.05, 0) is 6.92 Å². The predicted molar refractivity (Wildman–Crippen MR) is 96.6 cm³/mol. The minimum Gasteiger partial charge on any atom is -0.392 e. The summed E-state index contributed by atoms with van der Waals surface area (Å²) in [6.07, 6.45) is 1.25. The van der Waals surface area contributed by atoms with Crippen LogP contribution in [0.5, 0.6) is 0 Å². The fourth-order valence-corrected chi connectivity index (χ4v) is 3.31. The van der Waals surface area contributed by atoms with E-state index in [1.54, 1.807) is 10.8 Å². The van der Waals surface area contributed by atoms with Gasteiger partial charge in [-0.1, -0.05) is 30.3 Å². The highest BCUT2D eigenvalue weighted by Crippen LogP contribution is 2.24. The molecule has 0 spiro atoms. The number of benzene rings is 1. The molecule has 1 atom stereocenters. The summed E-state index contributed by atoms with van der Waals surface area (Å²) in [5, 5.41) is 13.9. The third kappa shape index (κ3) is 3.33. The van der Waals surface area contributed by atoms with Gasteiger partial charge >= 0.3 is 0 Å². The van der Waals surface area contributed by atoms with E-state index in [1.165, 1.54) is 0 Å². The van der Waals surface area contributed by atoms with Crippen molar-refractivity contribution < 1.29 is 5.11 Å². The third-order valence-corrected chi connectivity index (χ3v) is 4.53. The molecule has 7 heteroatoms. The summed E-state index contributed by atoms with van der Waals surface area (Å²) >= 11 is 0. The lowest BCUT2D eigenvalue weighted by Gasteiger charge is -2.36. The number of aliphatic hydroxyl groups is 1. The van der Waals surface area contributed by atoms with Crippen LogP contribution in [-0.4, -0.2) is 68.4 Å². The molecule has 2 aromatic heterocycles. The zero-order chi connectivity index (χ0) is 17.2. The van der Waals surface area contributed by atoms with Crippen LogP contribution in [0.1, 0.15) is 6.92 Å². The van der Waals surface area contributed by atoms with Crippen molar-refractivity contribution in [1.29, 1.82) is 0 Å². The van der Waals surface area contributed by atoms with E-state index >= 15 is 0 Å². The Morgan fingerprint density at radius 3 is 2.60 bits per heavy atom. The quantitative estimate of drug-likeness (QED) is 0.773. The number of β-amino-alcohol motifs (C(OH)–C–C–N with tert-alkyl or cyclic N) is 1. The Bertz CT molecular complexity index is 839. The van der Waals surface area contributed by atoms with E-state index in [1.807, 2.05) is 25.1 Å². The Morgan fingerprint density at radius 2 is 1.88 bits per heavy atom. The molecule has 7 nitrogen and oxygen atoms in total. The number of hydrogen-bond acceptors (Lipinski definition) is 6. The number of aromatic nitrogens is 4. The molecular formula is C18H22N6O. The molecule has 1 aliphatic rings. The van der Waals surface area contributed by atoms with Gasteiger partial charge in [0.25, 0.3) is 5.78 Å². The fraction of sp³-hybridized carbons (Fsp3) is 0.389. The van der Waals surface area contributed by atoms with Gasteiger partial charge < -0.3 is 10.0 Å². The van der Waals surface area contributed by atoms with Crippen molar-refractivity contribution in [2.45, 2.75) is 13.0 Å². The second-order valence-electron chi connectivity index (χ2n) is 6.47. The van der Waals surface area contributed by atoms with Crippen LogP contribution < -0.4 is 4.90 Å². The van der Waals surface area contributed by atoms with Gasteiger partial charge in [-0.15, -0.1) is 0 Å². The second-order valence-corrected chi connectivity index (χ2v) is 6.47. The highest BCUT2D eigenvalue weighted by Gasteiger charge is 2.20. The minimum atomic E-state index is -0.290. The monoisotopic (exact) mass is 338 g/mol. The average molecular weight is 338 g/mol. The van der Waals surface area contributed by atoms with E-state index < -0.39 is 0 Å². The lowest BCUT2D eigenvalue weighted by Crippen LogP contribution is -2.48. The highest BCUT2D eigenvalue weighted by atomic mass is 16.3. The van der Waals surface area contributed by atoms with Gasteiger partial charge in [0, 0.05) is 44.4 Å². The molecule has 3 aromatic rings. The summed E-state index contributed by atoms with van der Waals surface area (Å²) in [6, 6.07) is 12.3. The number of nitrogens with zero attached hydrogens (tertiary/aromatic N) is 6. The van der Waals surface area contributed by atoms with E-state index in [4.69, 9.17) is 0 Å². The zero-order valence-electron chi connectivity index (χ0n) is 14.3. The predicted octanol–water partition coefficient (Wildman–Crippen LogP) is 1.29. The first-order chi connectivity index (χ1) is 12.2. The largest absolute Gasteiger partial charge is 0.392 e. The smallest absolute Gasteiger partial charge is 0.254 e. The summed E-state index contributed by atoms with van der Waals surface area (Å²) < 4.78 is 1.78. The van der Waals surface area contributed by atoms with Gasteiger partial charge in [0.15, 0.2) is 0 Å². The van der Waals surface area contributed by atoms with E-state index in [9.17, 15) is 5.11 Å². The van der Waals surface area contributed by atoms with Crippen LogP contribution in [0.4, 0.5) is 5.82 Å². The molecule has 4 rings (SSSR count). The summed E-state index contributed by atoms with van der Waals surface area (Å²) in [7, 11) is 0. The zero-order valence-corrected chi connectivity index (χ0v) is 14.3. The Balaban J connectivity index is 1.63. The first kappa shape index (κ1) is 16.0. The van der Waals surface area contributed by atoms with Crippen LogP contribution in [0.25, 0.3) is 17.0 Å². The van der Waals surface area contributed by atoms with Crippen molar-refractivity contribution in [2.75, 3.05) is 37.6 Å². The lowest BCUT2D eigenvalue weighted by atomic mass is 10.1. The number of hydrogen-bond donors (Lipinski definition) is 1. The molecule has 0 bridgehead atoms. The van der Waals surface area contributed by atoms with Crippen LogP contribution in [0, 0.1) is 0 Å². The molecule has 25 heavy (non-hydrogen) atoms. The number of aliphatic hydroxyl groups excluding tert-OH is 1. The van der Waals surface area contributed by atoms with Gasteiger partial charge in [0.2, 0.25) is 0 Å². The first-order valence-electron chi connectivity index (χ1n) is 8.62. The van der Waals surface area contributed by atoms with Gasteiger partial charge in [0.05, 0.1) is 11.8 Å². The van der Waals surface area contributed by atoms with E-state index in [0.717, 1.165) is 49.8 Å². The normalized spacial score (nSPS) is 17.1. The maximum absolute atomic E-state index is 9.56. The topological polar surface area (TPSA) is 69.8 Å². The van der Waals surface area contributed by atoms with Crippen molar-refractivity contribution in [3.05, 3.63) is 42.7 Å². The maximum atomic E-state index is 9.56. The Hall–Kier alpha value is -2.51. The number of rotatable bonds is 4. The number of piperazine rings is 1. The van der Waals surface area contributed by atoms with Gasteiger partial charge in [-0.25, -0.2) is 0 Å². The van der Waals surface area contributed by atoms with Crippen molar-refractivity contribution in [3.8, 4) is 11.3 Å². The Morgan fingerprint density at radius 1 is 1.12 bits per heavy atom. The van der Waals surface area contributed by atoms with E-state index in [2.05, 4.69) is 43.1 Å². The molecule has 0 saturated carbocycles. The maximum Gasteiger partial charge on any atom is 0.254 e. The fourth-order valence-electron chi connectivity index (χ4n) is 3.31. The van der Waals surface area contributed by atoms with Crippen LogP contribution in [0.2, 0.25) is 0 Å². The van der Waals surface area contributed by atoms with Crippen molar-refractivity contribution in [2.24, 2.45) is 0 Å². The average Bonchev–Trinajstić information content (AvgIpc) is 3.10. The molecule has 0 aliphatic carbocycles. The molecule has 130 valence electrons. The summed E-state index contributed by atoms with van der Waals surface area (Å²) in [5.74, 6) is 1.54. The van der Waals surface area contributed by atoms with Crippen LogP contribution in [0.3, 0.4) is 0 Å². The van der Waals surface area contributed by atoms with Crippen LogP contribution in [-0.2, 0) is 0 Å². The van der Waals surface area contributed by atoms with Crippen molar-refractivity contribution in [1.82, 2.24) is 24.5 Å². The van der Waals surface area contributed by atoms with E-state index in [0.29, 0.717) is 5.78 Å². The van der Waals surface area contributed by atoms with E-state index in [-0.39, 0.29) is 6.10 Å². The number of fused-ring (bicyclic) bond motifs is 1. The highest BCUT2D eigenvalue weighted by molar-refractivity contribution is 5.66. The Kier molecular flexibility index (Phi) is 4.33. The Labute approximate surface area is 146 Å². The minimum absolute atomic E-state index is 0.290. The molecule has 1 saturated heterocycles. The van der Waals surface area contributed by atoms with Gasteiger partial charge in [-0.3, -0.25) is 4.90 Å². The molecule has 1 fully saturated rings. The standard InChI is InChI=1S/C18H22N6O/c1-14(25)12-22-7-9-23(10-8-22)17-11-16(15-5-3-2-4-6-15)24-18(21-17)19-13-20-24/h2-6,11,13-14,25H,7-10,12H2,1H3. The molecule has 1 N–H and O–H groups in total. The summed E-state index contributed by atoms with van der Waals surface area (Å²) in [4.78, 5) is 13.5. The molecular weight excluding hydrogens is 316 g/mol. The van der Waals surface area contributed by atoms with Gasteiger partial charge in [-0.2, -0.15) is 19.6 Å². The molecule has 1 aromatic carbocycles. The summed E-state index contributed by atoms with van der Waals surface area (Å²) in [5.41, 5.74) is 2.08. The van der Waals surface area contributed by atoms with Crippen LogP contribution in [0.15, 0.2) is 42.7 Å². The van der Waals surface area contributed by atoms with Crippen LogP contribution >= 0.6 is 0 Å². The SMILES string of the molecule is CC(O)CN1CCN(c2cc(-c3ccccc3)n3ncnc3n2)CC1. The first-order valence-corrected chi connectivity index (χ1v) is 8.62. The molecule has 0 amide bonds. The molecule has 1 unspecified atom stereocenters. The third-order valence-electron chi connectivity index (χ3n) is 4.53. The molecule has 3 heterocycles. The van der Waals surface area contributed by atoms with Crippen molar-refractivity contribution >= 4 is 11.6 Å². The number of anilines is 1. The molecule has 0 radical (unpaired) electrons. The lowest BCUT2D eigenvalue weighted by molar-refractivity contribution is 0.122. The van der Waals surface area contributed by atoms with Gasteiger partial charge in [0.1, 0.15) is 12.1 Å². The van der Waals surface area contributed by atoms with Crippen molar-refractivity contribution in [3.63, 3.8) is 0 Å². The molecule has 1 aliphatic heterocycles.